The SMILES string of the molecule is N#Cc1c(Oc2cccc(Cl)n2)cccc1Oc1cccc(Cl)n1. The van der Waals surface area contributed by atoms with Crippen LogP contribution in [0.15, 0.2) is 54.6 Å². The number of ether oxygens (including phenoxy) is 2. The van der Waals surface area contributed by atoms with Crippen molar-refractivity contribution in [3.63, 3.8) is 0 Å². The molecule has 0 aliphatic carbocycles. The lowest BCUT2D eigenvalue weighted by Crippen LogP contribution is -1.95. The molecule has 1 aromatic carbocycles. The number of nitriles is 1. The Morgan fingerprint density at radius 2 is 1.21 bits per heavy atom. The lowest BCUT2D eigenvalue weighted by atomic mass is 10.2. The third kappa shape index (κ3) is 3.74. The van der Waals surface area contributed by atoms with Gasteiger partial charge in [0.05, 0.1) is 0 Å². The van der Waals surface area contributed by atoms with Crippen LogP contribution in [0.25, 0.3) is 0 Å². The van der Waals surface area contributed by atoms with Gasteiger partial charge in [-0.25, -0.2) is 9.97 Å². The first-order chi connectivity index (χ1) is 11.7. The molecule has 0 saturated heterocycles. The maximum Gasteiger partial charge on any atom is 0.220 e. The van der Waals surface area contributed by atoms with Crippen LogP contribution < -0.4 is 9.47 Å². The Morgan fingerprint density at radius 1 is 0.750 bits per heavy atom. The largest absolute Gasteiger partial charge is 0.437 e. The van der Waals surface area contributed by atoms with Crippen molar-refractivity contribution in [2.45, 2.75) is 0 Å². The van der Waals surface area contributed by atoms with Crippen LogP contribution in [0.4, 0.5) is 0 Å². The monoisotopic (exact) mass is 357 g/mol. The number of pyridine rings is 2. The number of nitrogens with zero attached hydrogens (tertiary/aromatic N) is 3. The lowest BCUT2D eigenvalue weighted by molar-refractivity contribution is 0.439. The maximum atomic E-state index is 9.46. The Hall–Kier alpha value is -2.81. The lowest BCUT2D eigenvalue weighted by Gasteiger charge is -2.11. The minimum Gasteiger partial charge on any atom is -0.437 e. The van der Waals surface area contributed by atoms with Crippen molar-refractivity contribution in [2.75, 3.05) is 0 Å². The fourth-order valence-corrected chi connectivity index (χ4v) is 2.22. The van der Waals surface area contributed by atoms with E-state index in [9.17, 15) is 5.26 Å². The molecule has 0 spiro atoms. The van der Waals surface area contributed by atoms with E-state index in [0.717, 1.165) is 0 Å². The fraction of sp³-hybridized carbons (Fsp3) is 0. The van der Waals surface area contributed by atoms with E-state index in [0.29, 0.717) is 21.8 Å². The fourth-order valence-electron chi connectivity index (χ4n) is 1.91. The van der Waals surface area contributed by atoms with Crippen molar-refractivity contribution in [3.8, 4) is 29.3 Å². The van der Waals surface area contributed by atoms with Crippen molar-refractivity contribution in [1.82, 2.24) is 9.97 Å². The summed E-state index contributed by atoms with van der Waals surface area (Å²) >= 11 is 11.7. The summed E-state index contributed by atoms with van der Waals surface area (Å²) in [5.74, 6) is 1.15. The van der Waals surface area contributed by atoms with E-state index >= 15 is 0 Å². The van der Waals surface area contributed by atoms with Gasteiger partial charge in [0.25, 0.3) is 0 Å². The van der Waals surface area contributed by atoms with E-state index in [4.69, 9.17) is 32.7 Å². The topological polar surface area (TPSA) is 68.0 Å². The molecule has 0 fully saturated rings. The second-order valence-corrected chi connectivity index (χ2v) is 5.32. The Balaban J connectivity index is 1.93. The molecule has 0 bridgehead atoms. The average molecular weight is 358 g/mol. The predicted octanol–water partition coefficient (Wildman–Crippen LogP) is 5.24. The highest BCUT2D eigenvalue weighted by Crippen LogP contribution is 2.33. The first-order valence-corrected chi connectivity index (χ1v) is 7.55. The van der Waals surface area contributed by atoms with Crippen LogP contribution in [0.2, 0.25) is 10.3 Å². The number of halogens is 2. The van der Waals surface area contributed by atoms with Crippen LogP contribution in [0.5, 0.6) is 23.3 Å². The molecule has 0 amide bonds. The second-order valence-electron chi connectivity index (χ2n) is 4.54. The van der Waals surface area contributed by atoms with Gasteiger partial charge in [-0.3, -0.25) is 0 Å². The molecule has 0 aliphatic heterocycles. The number of hydrogen-bond acceptors (Lipinski definition) is 5. The third-order valence-electron chi connectivity index (χ3n) is 2.91. The predicted molar refractivity (Wildman–Crippen MR) is 89.8 cm³/mol. The van der Waals surface area contributed by atoms with E-state index in [1.165, 1.54) is 0 Å². The zero-order valence-corrected chi connectivity index (χ0v) is 13.6. The van der Waals surface area contributed by atoms with Crippen LogP contribution >= 0.6 is 23.2 Å². The molecule has 0 atom stereocenters. The van der Waals surface area contributed by atoms with Crippen LogP contribution in [-0.4, -0.2) is 9.97 Å². The molecule has 3 rings (SSSR count). The van der Waals surface area contributed by atoms with Crippen molar-refractivity contribution >= 4 is 23.2 Å². The Labute approximate surface area is 148 Å². The van der Waals surface area contributed by atoms with Crippen molar-refractivity contribution < 1.29 is 9.47 Å². The Morgan fingerprint density at radius 3 is 1.62 bits per heavy atom. The van der Waals surface area contributed by atoms with Crippen molar-refractivity contribution in [1.29, 1.82) is 5.26 Å². The number of rotatable bonds is 4. The van der Waals surface area contributed by atoms with Crippen molar-refractivity contribution in [2.24, 2.45) is 0 Å². The zero-order valence-electron chi connectivity index (χ0n) is 12.1. The summed E-state index contributed by atoms with van der Waals surface area (Å²) in [6.07, 6.45) is 0. The van der Waals surface area contributed by atoms with E-state index in [-0.39, 0.29) is 17.3 Å². The van der Waals surface area contributed by atoms with E-state index in [1.54, 1.807) is 54.6 Å². The van der Waals surface area contributed by atoms with Crippen LogP contribution in [-0.2, 0) is 0 Å². The molecule has 0 unspecified atom stereocenters. The van der Waals surface area contributed by atoms with Gasteiger partial charge in [0.2, 0.25) is 11.8 Å². The van der Waals surface area contributed by atoms with Gasteiger partial charge in [0.1, 0.15) is 21.9 Å². The summed E-state index contributed by atoms with van der Waals surface area (Å²) in [7, 11) is 0. The quantitative estimate of drug-likeness (QED) is 0.597. The molecule has 5 nitrogen and oxygen atoms in total. The van der Waals surface area contributed by atoms with Crippen LogP contribution in [0, 0.1) is 11.3 Å². The zero-order chi connectivity index (χ0) is 16.9. The summed E-state index contributed by atoms with van der Waals surface area (Å²) in [6, 6.07) is 17.0. The third-order valence-corrected chi connectivity index (χ3v) is 3.33. The summed E-state index contributed by atoms with van der Waals surface area (Å²) in [5, 5.41) is 10.0. The summed E-state index contributed by atoms with van der Waals surface area (Å²) in [6.45, 7) is 0. The summed E-state index contributed by atoms with van der Waals surface area (Å²) < 4.78 is 11.3. The van der Waals surface area contributed by atoms with E-state index in [2.05, 4.69) is 16.0 Å². The molecule has 2 aromatic heterocycles. The van der Waals surface area contributed by atoms with Gasteiger partial charge in [-0.2, -0.15) is 5.26 Å². The standard InChI is InChI=1S/C17H9Cl2N3O2/c18-14-6-2-8-16(21-14)23-12-4-1-5-13(11(12)10-20)24-17-9-3-7-15(19)22-17/h1-9H. The molecular formula is C17H9Cl2N3O2. The van der Waals surface area contributed by atoms with Gasteiger partial charge in [-0.1, -0.05) is 41.4 Å². The summed E-state index contributed by atoms with van der Waals surface area (Å²) in [5.41, 5.74) is 0.209. The number of hydrogen-bond donors (Lipinski definition) is 0. The smallest absolute Gasteiger partial charge is 0.220 e. The number of aromatic nitrogens is 2. The normalized spacial score (nSPS) is 10.0. The van der Waals surface area contributed by atoms with Gasteiger partial charge in [-0.05, 0) is 24.3 Å². The molecule has 2 heterocycles. The molecule has 0 saturated carbocycles. The van der Waals surface area contributed by atoms with Crippen molar-refractivity contribution in [3.05, 3.63) is 70.5 Å². The van der Waals surface area contributed by atoms with Gasteiger partial charge in [-0.15, -0.1) is 0 Å². The van der Waals surface area contributed by atoms with Gasteiger partial charge < -0.3 is 9.47 Å². The molecule has 0 N–H and O–H groups in total. The van der Waals surface area contributed by atoms with Crippen LogP contribution in [0.3, 0.4) is 0 Å². The van der Waals surface area contributed by atoms with Crippen LogP contribution in [0.1, 0.15) is 5.56 Å². The minimum absolute atomic E-state index is 0.209. The van der Waals surface area contributed by atoms with E-state index in [1.807, 2.05) is 0 Å². The Bertz CT molecular complexity index is 860. The van der Waals surface area contributed by atoms with Gasteiger partial charge in [0, 0.05) is 12.1 Å². The second kappa shape index (κ2) is 7.18. The molecule has 118 valence electrons. The molecule has 3 aromatic rings. The summed E-state index contributed by atoms with van der Waals surface area (Å²) in [4.78, 5) is 8.06. The molecule has 0 aliphatic rings. The highest BCUT2D eigenvalue weighted by molar-refractivity contribution is 6.29. The highest BCUT2D eigenvalue weighted by atomic mass is 35.5. The van der Waals surface area contributed by atoms with Gasteiger partial charge in [0.15, 0.2) is 11.5 Å². The minimum atomic E-state index is 0.209. The first kappa shape index (κ1) is 16.1. The van der Waals surface area contributed by atoms with Gasteiger partial charge >= 0.3 is 0 Å². The molecule has 7 heteroatoms. The maximum absolute atomic E-state index is 9.46. The van der Waals surface area contributed by atoms with E-state index < -0.39 is 0 Å². The molecular weight excluding hydrogens is 349 g/mol. The average Bonchev–Trinajstić information content (AvgIpc) is 2.55. The highest BCUT2D eigenvalue weighted by Gasteiger charge is 2.13. The number of benzene rings is 1. The Kier molecular flexibility index (Phi) is 4.80. The molecule has 24 heavy (non-hydrogen) atoms. The first-order valence-electron chi connectivity index (χ1n) is 6.79. The molecule has 0 radical (unpaired) electrons.